The molecule has 1 unspecified atom stereocenters. The Kier molecular flexibility index (Phi) is 8.04. The number of pyridine rings is 2. The molecule has 2 aliphatic rings. The van der Waals surface area contributed by atoms with Gasteiger partial charge in [0.05, 0.1) is 73.4 Å². The molecular weight excluding hydrogens is 893 g/mol. The first kappa shape index (κ1) is 39.8. The van der Waals surface area contributed by atoms with E-state index in [1.807, 2.05) is 36.7 Å². The van der Waals surface area contributed by atoms with Crippen molar-refractivity contribution in [2.24, 2.45) is 0 Å². The summed E-state index contributed by atoms with van der Waals surface area (Å²) < 4.78 is 14.0. The molecule has 0 fully saturated rings. The first-order chi connectivity index (χ1) is 36.2. The summed E-state index contributed by atoms with van der Waals surface area (Å²) in [6.07, 6.45) is 3.87. The fourth-order valence-corrected chi connectivity index (χ4v) is 12.6. The molecule has 0 radical (unpaired) electrons. The van der Waals surface area contributed by atoms with Crippen molar-refractivity contribution < 1.29 is 4.74 Å². The van der Waals surface area contributed by atoms with Gasteiger partial charge in [-0.1, -0.05) is 115 Å². The molecule has 9 aromatic carbocycles. The van der Waals surface area contributed by atoms with Crippen molar-refractivity contribution in [2.75, 3.05) is 0 Å². The molecule has 7 nitrogen and oxygen atoms in total. The van der Waals surface area contributed by atoms with Crippen LogP contribution in [0.2, 0.25) is 0 Å². The standard InChI is InChI=1S/C66H38N6O/c67-38-40-23-31-60-50(34-40)51-35-41(25-32-61(51)71(60)44-28-26-43(27-29-44)70-56-18-6-1-12-46(56)47-13-2-7-19-57(47)70)42-24-30-53-63(36-42)73-62-22-10-5-16-52(62)66(53)54-17-11-33-68-64(54)65-55(66)37-45(39-69-65)72-58-20-8-3-14-48(58)49-15-4-9-21-59(49)72/h1-37,39H. The molecule has 1 aliphatic heterocycles. The van der Waals surface area contributed by atoms with E-state index in [0.29, 0.717) is 5.56 Å². The fraction of sp³-hybridized carbons (Fsp3) is 0.0152. The van der Waals surface area contributed by atoms with Gasteiger partial charge >= 0.3 is 0 Å². The number of rotatable bonds is 4. The van der Waals surface area contributed by atoms with Crippen molar-refractivity contribution >= 4 is 65.4 Å². The molecular formula is C66H38N6O. The van der Waals surface area contributed by atoms with Gasteiger partial charge < -0.3 is 18.4 Å². The third kappa shape index (κ3) is 5.36. The van der Waals surface area contributed by atoms with Crippen LogP contribution in [0.4, 0.5) is 0 Å². The van der Waals surface area contributed by atoms with Crippen LogP contribution in [0.15, 0.2) is 231 Å². The highest BCUT2D eigenvalue weighted by molar-refractivity contribution is 6.12. The number of para-hydroxylation sites is 5. The summed E-state index contributed by atoms with van der Waals surface area (Å²) in [5.74, 6) is 1.57. The van der Waals surface area contributed by atoms with Crippen molar-refractivity contribution in [3.63, 3.8) is 0 Å². The number of benzene rings is 9. The zero-order chi connectivity index (χ0) is 47.9. The van der Waals surface area contributed by atoms with Crippen LogP contribution >= 0.6 is 0 Å². The quantitative estimate of drug-likeness (QED) is 0.176. The topological polar surface area (TPSA) is 73.6 Å². The van der Waals surface area contributed by atoms with Crippen molar-refractivity contribution in [3.05, 3.63) is 259 Å². The first-order valence-corrected chi connectivity index (χ1v) is 24.6. The smallest absolute Gasteiger partial charge is 0.132 e. The summed E-state index contributed by atoms with van der Waals surface area (Å²) in [7, 11) is 0. The van der Waals surface area contributed by atoms with E-state index in [9.17, 15) is 5.26 Å². The van der Waals surface area contributed by atoms with E-state index in [4.69, 9.17) is 14.7 Å². The highest BCUT2D eigenvalue weighted by atomic mass is 16.5. The maximum Gasteiger partial charge on any atom is 0.132 e. The second-order valence-electron chi connectivity index (χ2n) is 19.2. The van der Waals surface area contributed by atoms with E-state index >= 15 is 0 Å². The van der Waals surface area contributed by atoms with Gasteiger partial charge in [0, 0.05) is 66.6 Å². The molecule has 16 rings (SSSR count). The van der Waals surface area contributed by atoms with E-state index in [-0.39, 0.29) is 0 Å². The lowest BCUT2D eigenvalue weighted by molar-refractivity contribution is 0.436. The molecule has 0 bridgehead atoms. The highest BCUT2D eigenvalue weighted by Gasteiger charge is 2.52. The Morgan fingerprint density at radius 3 is 1.51 bits per heavy atom. The number of ether oxygens (including phenoxy) is 1. The van der Waals surface area contributed by atoms with E-state index < -0.39 is 5.41 Å². The van der Waals surface area contributed by atoms with Gasteiger partial charge in [-0.05, 0) is 120 Å². The lowest BCUT2D eigenvalue weighted by Gasteiger charge is -2.39. The minimum Gasteiger partial charge on any atom is -0.457 e. The average molecular weight is 931 g/mol. The molecule has 0 saturated carbocycles. The second kappa shape index (κ2) is 14.8. The fourth-order valence-electron chi connectivity index (χ4n) is 12.6. The molecule has 0 amide bonds. The van der Waals surface area contributed by atoms with Crippen LogP contribution in [0.1, 0.15) is 27.8 Å². The van der Waals surface area contributed by atoms with Crippen molar-refractivity contribution in [1.29, 1.82) is 5.26 Å². The zero-order valence-electron chi connectivity index (χ0n) is 39.0. The molecule has 1 atom stereocenters. The molecule has 0 N–H and O–H groups in total. The van der Waals surface area contributed by atoms with Crippen LogP contribution in [0.5, 0.6) is 11.5 Å². The van der Waals surface area contributed by atoms with Gasteiger partial charge in [-0.15, -0.1) is 0 Å². The first-order valence-electron chi connectivity index (χ1n) is 24.6. The van der Waals surface area contributed by atoms with E-state index in [1.54, 1.807) is 0 Å². The van der Waals surface area contributed by atoms with Crippen LogP contribution in [0.3, 0.4) is 0 Å². The van der Waals surface area contributed by atoms with Gasteiger partial charge in [-0.25, -0.2) is 0 Å². The Morgan fingerprint density at radius 1 is 0.370 bits per heavy atom. The maximum atomic E-state index is 10.2. The number of nitriles is 1. The van der Waals surface area contributed by atoms with E-state index in [1.165, 1.54) is 32.6 Å². The Labute approximate surface area is 418 Å². The monoisotopic (exact) mass is 930 g/mol. The Balaban J connectivity index is 0.858. The third-order valence-corrected chi connectivity index (χ3v) is 15.6. The van der Waals surface area contributed by atoms with Crippen molar-refractivity contribution in [2.45, 2.75) is 5.41 Å². The predicted octanol–water partition coefficient (Wildman–Crippen LogP) is 15.8. The molecule has 338 valence electrons. The summed E-state index contributed by atoms with van der Waals surface area (Å²) >= 11 is 0. The predicted molar refractivity (Wildman–Crippen MR) is 293 cm³/mol. The Bertz CT molecular complexity index is 4630. The van der Waals surface area contributed by atoms with Gasteiger partial charge in [0.25, 0.3) is 0 Å². The summed E-state index contributed by atoms with van der Waals surface area (Å²) in [5.41, 5.74) is 17.7. The summed E-state index contributed by atoms with van der Waals surface area (Å²) in [4.78, 5) is 10.4. The minimum atomic E-state index is -0.772. The van der Waals surface area contributed by atoms with Crippen LogP contribution in [0, 0.1) is 11.3 Å². The second-order valence-corrected chi connectivity index (χ2v) is 19.2. The van der Waals surface area contributed by atoms with Crippen molar-refractivity contribution in [1.82, 2.24) is 23.7 Å². The Hall–Kier alpha value is -10.0. The largest absolute Gasteiger partial charge is 0.457 e. The molecule has 7 heteroatoms. The molecule has 1 aliphatic carbocycles. The average Bonchev–Trinajstić information content (AvgIpc) is 4.17. The van der Waals surface area contributed by atoms with Crippen LogP contribution in [-0.2, 0) is 5.41 Å². The van der Waals surface area contributed by atoms with Gasteiger partial charge in [-0.2, -0.15) is 5.26 Å². The summed E-state index contributed by atoms with van der Waals surface area (Å²) in [6, 6.07) is 80.0. The third-order valence-electron chi connectivity index (χ3n) is 15.6. The van der Waals surface area contributed by atoms with E-state index in [2.05, 4.69) is 214 Å². The van der Waals surface area contributed by atoms with Gasteiger partial charge in [-0.3, -0.25) is 9.97 Å². The van der Waals surface area contributed by atoms with E-state index in [0.717, 1.165) is 106 Å². The Morgan fingerprint density at radius 2 is 0.863 bits per heavy atom. The lowest BCUT2D eigenvalue weighted by Crippen LogP contribution is -2.32. The normalized spacial score (nSPS) is 14.5. The maximum absolute atomic E-state index is 10.2. The summed E-state index contributed by atoms with van der Waals surface area (Å²) in [6.45, 7) is 0. The van der Waals surface area contributed by atoms with Gasteiger partial charge in [0.1, 0.15) is 11.5 Å². The number of fused-ring (bicyclic) bond motifs is 18. The number of hydrogen-bond acceptors (Lipinski definition) is 4. The molecule has 73 heavy (non-hydrogen) atoms. The lowest BCUT2D eigenvalue weighted by atomic mass is 9.66. The van der Waals surface area contributed by atoms with Crippen LogP contribution in [-0.4, -0.2) is 23.7 Å². The van der Waals surface area contributed by atoms with Crippen LogP contribution in [0.25, 0.3) is 105 Å². The molecule has 5 aromatic heterocycles. The number of hydrogen-bond donors (Lipinski definition) is 0. The van der Waals surface area contributed by atoms with Crippen molar-refractivity contribution in [3.8, 4) is 57.1 Å². The SMILES string of the molecule is N#Cc1ccc2c(c1)c1cc(-c3ccc4c(c3)Oc3ccccc3C43c4cccnc4-c4ncc(-n5c6ccccc6c6ccccc65)cc43)ccc1n2-c1ccc(-n2c3ccccc3c3ccccc32)cc1. The number of aromatic nitrogens is 5. The summed E-state index contributed by atoms with van der Waals surface area (Å²) in [5, 5.41) is 17.1. The molecule has 14 aromatic rings. The molecule has 0 saturated heterocycles. The molecule has 1 spiro atoms. The molecule has 6 heterocycles. The van der Waals surface area contributed by atoms with Crippen LogP contribution < -0.4 is 4.74 Å². The number of nitrogens with zero attached hydrogens (tertiary/aromatic N) is 6. The van der Waals surface area contributed by atoms with Gasteiger partial charge in [0.2, 0.25) is 0 Å². The highest BCUT2D eigenvalue weighted by Crippen LogP contribution is 2.62. The zero-order valence-corrected chi connectivity index (χ0v) is 39.0. The van der Waals surface area contributed by atoms with Gasteiger partial charge in [0.15, 0.2) is 0 Å². The minimum absolute atomic E-state index is 0.618.